The molecule has 0 unspecified atom stereocenters. The van der Waals surface area contributed by atoms with E-state index in [2.05, 4.69) is 0 Å². The van der Waals surface area contributed by atoms with Gasteiger partial charge in [-0.2, -0.15) is 0 Å². The van der Waals surface area contributed by atoms with Gasteiger partial charge >= 0.3 is 11.4 Å². The number of phenolic OH excluding ortho intramolecular Hbond substituents is 2. The van der Waals surface area contributed by atoms with Crippen LogP contribution in [0.3, 0.4) is 0 Å². The molecule has 21 heteroatoms. The maximum Gasteiger partial charge on any atom is 0.371 e. The maximum atomic E-state index is 12.1. The number of benzene rings is 2. The molecule has 0 bridgehead atoms. The van der Waals surface area contributed by atoms with Crippen LogP contribution in [0.15, 0.2) is 45.2 Å². The van der Waals surface area contributed by atoms with Crippen LogP contribution in [-0.2, 0) is 23.7 Å². The van der Waals surface area contributed by atoms with Crippen LogP contribution in [0.1, 0.15) is 17.5 Å². The average molecular weight is 796 g/mol. The van der Waals surface area contributed by atoms with Gasteiger partial charge in [0.2, 0.25) is 12.1 Å². The van der Waals surface area contributed by atoms with Crippen LogP contribution in [0.2, 0.25) is 0 Å². The summed E-state index contributed by atoms with van der Waals surface area (Å²) in [5, 5.41) is 115. The Kier molecular flexibility index (Phi) is 11.0. The van der Waals surface area contributed by atoms with E-state index in [0.717, 1.165) is 24.3 Å². The molecule has 0 amide bonds. The van der Waals surface area contributed by atoms with Gasteiger partial charge < -0.3 is 93.4 Å². The summed E-state index contributed by atoms with van der Waals surface area (Å²) >= 11 is 0. The molecule has 4 aromatic rings. The van der Waals surface area contributed by atoms with Crippen molar-refractivity contribution < 1.29 is 103 Å². The summed E-state index contributed by atoms with van der Waals surface area (Å²) in [5.41, 5.74) is -0.568. The van der Waals surface area contributed by atoms with E-state index in [1.165, 1.54) is 19.1 Å². The van der Waals surface area contributed by atoms with Gasteiger partial charge in [-0.05, 0) is 25.1 Å². The van der Waals surface area contributed by atoms with Crippen LogP contribution in [-0.4, -0.2) is 166 Å². The Labute approximate surface area is 313 Å². The Morgan fingerprint density at radius 2 is 1.48 bits per heavy atom. The number of rotatable bonds is 9. The van der Waals surface area contributed by atoms with Crippen LogP contribution in [0.25, 0.3) is 33.3 Å². The third-order valence-electron chi connectivity index (χ3n) is 9.78. The van der Waals surface area contributed by atoms with Crippen LogP contribution >= 0.6 is 0 Å². The lowest BCUT2D eigenvalue weighted by molar-refractivity contribution is -0.359. The Hall–Kier alpha value is -4.46. The number of aromatic hydroxyl groups is 2. The second-order valence-corrected chi connectivity index (χ2v) is 13.6. The number of phenols is 2. The molecule has 2 aromatic heterocycles. The van der Waals surface area contributed by atoms with E-state index in [0.29, 0.717) is 0 Å². The zero-order valence-electron chi connectivity index (χ0n) is 29.0. The van der Waals surface area contributed by atoms with Gasteiger partial charge in [0.25, 0.3) is 0 Å². The highest BCUT2D eigenvalue weighted by atomic mass is 16.8. The van der Waals surface area contributed by atoms with E-state index < -0.39 is 122 Å². The Balaban J connectivity index is 1.21. The highest BCUT2D eigenvalue weighted by Gasteiger charge is 2.50. The van der Waals surface area contributed by atoms with Crippen molar-refractivity contribution in [3.8, 4) is 28.6 Å². The minimum atomic E-state index is -2.00. The smallest absolute Gasteiger partial charge is 0.371 e. The summed E-state index contributed by atoms with van der Waals surface area (Å²) in [5.74, 6) is -3.86. The van der Waals surface area contributed by atoms with Crippen LogP contribution < -0.4 is 10.2 Å². The van der Waals surface area contributed by atoms with Gasteiger partial charge in [-0.15, -0.1) is 0 Å². The fourth-order valence-corrected chi connectivity index (χ4v) is 6.68. The first-order chi connectivity index (χ1) is 26.5. The average Bonchev–Trinajstić information content (AvgIpc) is 3.16. The number of aliphatic hydroxyl groups is 8. The van der Waals surface area contributed by atoms with Crippen molar-refractivity contribution in [2.45, 2.75) is 92.9 Å². The van der Waals surface area contributed by atoms with E-state index >= 15 is 0 Å². The maximum absolute atomic E-state index is 12.1. The molecule has 12 N–H and O–H groups in total. The van der Waals surface area contributed by atoms with E-state index in [1.807, 2.05) is 0 Å². The summed E-state index contributed by atoms with van der Waals surface area (Å²) in [7, 11) is 0. The number of ether oxygens (including phenoxy) is 6. The first-order valence-corrected chi connectivity index (χ1v) is 17.2. The number of hydrogen-bond acceptors (Lipinski definition) is 19. The van der Waals surface area contributed by atoms with Gasteiger partial charge in [0.1, 0.15) is 72.2 Å². The minimum absolute atomic E-state index is 0.0327. The van der Waals surface area contributed by atoms with Crippen molar-refractivity contribution in [3.05, 3.63) is 47.6 Å². The van der Waals surface area contributed by atoms with Gasteiger partial charge in [0, 0.05) is 17.0 Å². The molecule has 14 atom stereocenters. The van der Waals surface area contributed by atoms with Crippen molar-refractivity contribution in [2.75, 3.05) is 13.2 Å². The highest BCUT2D eigenvalue weighted by Crippen LogP contribution is 2.45. The van der Waals surface area contributed by atoms with Crippen molar-refractivity contribution in [1.82, 2.24) is 0 Å². The highest BCUT2D eigenvalue weighted by molar-refractivity contribution is 6.11. The van der Waals surface area contributed by atoms with Crippen molar-refractivity contribution in [1.29, 1.82) is 0 Å². The van der Waals surface area contributed by atoms with E-state index in [1.54, 1.807) is 0 Å². The molecule has 21 nitrogen and oxygen atoms in total. The lowest BCUT2D eigenvalue weighted by Crippen LogP contribution is -2.63. The van der Waals surface area contributed by atoms with Crippen molar-refractivity contribution in [3.63, 3.8) is 0 Å². The van der Waals surface area contributed by atoms with E-state index in [-0.39, 0.29) is 44.4 Å². The first-order valence-electron chi connectivity index (χ1n) is 17.2. The zero-order chi connectivity index (χ0) is 40.3. The zero-order valence-corrected chi connectivity index (χ0v) is 29.0. The van der Waals surface area contributed by atoms with Gasteiger partial charge in [0.15, 0.2) is 35.6 Å². The molecule has 304 valence electrons. The van der Waals surface area contributed by atoms with Crippen LogP contribution in [0, 0.1) is 0 Å². The Morgan fingerprint density at radius 3 is 2.18 bits per heavy atom. The molecule has 7 rings (SSSR count). The molecule has 3 fully saturated rings. The standard InChI is InChI=1S/C35H38O21/c1-10-22(40)26(44)31(56-33-27(45)23(41)16(39)8-49-33)35(51-10)50-9-20-24(42)25(43)28(46)34(54-20)55-30-13-7-19(32(47)48)52-17-5-12(36)6-18(21(13)17)53-29(30)11-2-3-14(37)15(38)4-11/h2-7,10,16,20,22-28,31,33-35,37-46H,8-9H2,1H3,(H,47,48)/p+1/t10-,16+,20+,22-,23-,24+,25-,26+,27+,28+,31+,33-,34-,35+/m0/s1. The SMILES string of the molecule is C[C@@H]1O[C@@H](OC[C@H]2O[C@@H](Oc3c(-c4ccc(O)c(O)c4)oc4cc(=[OH+])cc5oc(C(=O)O)cc3c54)[C@H](O)[C@@H](O)[C@@H]2O)[C@H](O[C@@H]2OC[C@@H](O)[C@H](O)[C@H]2O)[C@H](O)[C@H]1O. The van der Waals surface area contributed by atoms with Crippen LogP contribution in [0.5, 0.6) is 17.2 Å². The molecule has 3 aliphatic heterocycles. The van der Waals surface area contributed by atoms with Crippen molar-refractivity contribution in [2.24, 2.45) is 0 Å². The summed E-state index contributed by atoms with van der Waals surface area (Å²) < 4.78 is 46.0. The van der Waals surface area contributed by atoms with Gasteiger partial charge in [-0.1, -0.05) is 0 Å². The fourth-order valence-electron chi connectivity index (χ4n) is 6.68. The summed E-state index contributed by atoms with van der Waals surface area (Å²) in [4.78, 5) is 22.5. The lowest BCUT2D eigenvalue weighted by atomic mass is 9.98. The number of hydrogen-bond donors (Lipinski definition) is 11. The number of carboxylic acids is 1. The molecule has 3 saturated heterocycles. The Morgan fingerprint density at radius 1 is 0.786 bits per heavy atom. The molecule has 0 saturated carbocycles. The second-order valence-electron chi connectivity index (χ2n) is 13.6. The number of carbonyl (C=O) groups is 1. The predicted molar refractivity (Wildman–Crippen MR) is 179 cm³/mol. The summed E-state index contributed by atoms with van der Waals surface area (Å²) in [6.45, 7) is 0.262. The molecule has 5 heterocycles. The van der Waals surface area contributed by atoms with Gasteiger partial charge in [-0.25, -0.2) is 4.79 Å². The van der Waals surface area contributed by atoms with Gasteiger partial charge in [-0.3, -0.25) is 4.79 Å². The second kappa shape index (κ2) is 15.5. The molecular weight excluding hydrogens is 756 g/mol. The summed E-state index contributed by atoms with van der Waals surface area (Å²) in [6, 6.07) is 6.84. The number of carboxylic acid groups (broad SMARTS) is 1. The first kappa shape index (κ1) is 39.8. The topological polar surface area (TPSA) is 343 Å². The van der Waals surface area contributed by atoms with Crippen molar-refractivity contribution >= 4 is 27.9 Å². The molecule has 0 radical (unpaired) electrons. The van der Waals surface area contributed by atoms with Gasteiger partial charge in [0.05, 0.1) is 36.8 Å². The Bertz CT molecular complexity index is 2130. The summed E-state index contributed by atoms with van der Waals surface area (Å²) in [6.07, 6.45) is -23.4. The quantitative estimate of drug-likeness (QED) is 0.0614. The molecule has 0 aliphatic carbocycles. The third-order valence-corrected chi connectivity index (χ3v) is 9.78. The molecule has 2 aromatic carbocycles. The monoisotopic (exact) mass is 795 g/mol. The molecule has 3 aliphatic rings. The lowest BCUT2D eigenvalue weighted by Gasteiger charge is -2.45. The fraction of sp³-hybridized carbons (Fsp3) is 0.486. The number of aromatic carboxylic acids is 1. The predicted octanol–water partition coefficient (Wildman–Crippen LogP) is -2.55. The molecule has 56 heavy (non-hydrogen) atoms. The molecular formula is C35H39O21+. The number of aliphatic hydroxyl groups excluding tert-OH is 8. The van der Waals surface area contributed by atoms with E-state index in [4.69, 9.17) is 37.3 Å². The minimum Gasteiger partial charge on any atom is -0.504 e. The third kappa shape index (κ3) is 7.29. The largest absolute Gasteiger partial charge is 0.504 e. The molecule has 0 spiro atoms. The van der Waals surface area contributed by atoms with Crippen LogP contribution in [0.4, 0.5) is 0 Å². The normalized spacial score (nSPS) is 35.2. The van der Waals surface area contributed by atoms with E-state index in [9.17, 15) is 65.8 Å².